The normalized spacial score (nSPS) is 41.8. The summed E-state index contributed by atoms with van der Waals surface area (Å²) in [6.07, 6.45) is -8.28. The van der Waals surface area contributed by atoms with Crippen LogP contribution in [0.2, 0.25) is 0 Å². The predicted octanol–water partition coefficient (Wildman–Crippen LogP) is 3.88. The third kappa shape index (κ3) is 7.85. The Bertz CT molecular complexity index is 2520. The summed E-state index contributed by atoms with van der Waals surface area (Å²) >= 11 is 0. The molecule has 10 rings (SSSR count). The highest BCUT2D eigenvalue weighted by Crippen LogP contribution is 2.60. The van der Waals surface area contributed by atoms with Gasteiger partial charge in [0.25, 0.3) is 0 Å². The van der Waals surface area contributed by atoms with Gasteiger partial charge in [-0.1, -0.05) is 6.08 Å². The van der Waals surface area contributed by atoms with Gasteiger partial charge in [-0.05, 0) is 83.9 Å². The minimum atomic E-state index is -2.37. The second kappa shape index (κ2) is 17.3. The summed E-state index contributed by atoms with van der Waals surface area (Å²) in [5, 5.41) is 89.6. The minimum absolute atomic E-state index is 0.0143. The lowest BCUT2D eigenvalue weighted by atomic mass is 9.58. The van der Waals surface area contributed by atoms with E-state index in [9.17, 15) is 45.6 Å². The SMILES string of the molecule is CC1OC(OC23C(=O)CC(C)(O)CC2(O)C=CC2=C3c3oc(-c4ccc(O)cc4)c4cc(C5CC(OC6CCC(OC7CC(O)C(O)C(C)O7)C(C)O6)C(O)C(C)O5)c(O)c(c34)C2=O)CCC1O. The Kier molecular flexibility index (Phi) is 12.1. The van der Waals surface area contributed by atoms with Crippen molar-refractivity contribution in [2.75, 3.05) is 0 Å². The van der Waals surface area contributed by atoms with Crippen LogP contribution in [-0.4, -0.2) is 149 Å². The van der Waals surface area contributed by atoms with Crippen molar-refractivity contribution in [3.05, 3.63) is 64.9 Å². The van der Waals surface area contributed by atoms with Crippen LogP contribution in [0.3, 0.4) is 0 Å². The molecule has 8 N–H and O–H groups in total. The lowest BCUT2D eigenvalue weighted by Gasteiger charge is -2.55. The Morgan fingerprint density at radius 3 is 2.10 bits per heavy atom. The molecule has 2 aromatic carbocycles. The van der Waals surface area contributed by atoms with Crippen LogP contribution in [-0.2, 0) is 38.0 Å². The maximum atomic E-state index is 15.2. The van der Waals surface area contributed by atoms with E-state index in [0.29, 0.717) is 23.8 Å². The van der Waals surface area contributed by atoms with E-state index in [1.54, 1.807) is 39.0 Å². The van der Waals surface area contributed by atoms with Gasteiger partial charge in [0.15, 0.2) is 36.0 Å². The van der Waals surface area contributed by atoms with Gasteiger partial charge in [0.05, 0.1) is 66.1 Å². The molecule has 3 aliphatic carbocycles. The number of allylic oxidation sites excluding steroid dienone is 2. The maximum absolute atomic E-state index is 15.2. The molecule has 0 spiro atoms. The van der Waals surface area contributed by atoms with Crippen LogP contribution in [0, 0.1) is 0 Å². The Balaban J connectivity index is 1.01. The average molecular weight is 949 g/mol. The first-order valence-electron chi connectivity index (χ1n) is 23.6. The summed E-state index contributed by atoms with van der Waals surface area (Å²) in [6, 6.07) is 7.73. The fraction of sp³-hybridized carbons (Fsp3) is 0.600. The van der Waals surface area contributed by atoms with E-state index in [0.717, 1.165) is 0 Å². The highest BCUT2D eigenvalue weighted by Gasteiger charge is 2.68. The number of carbonyl (C=O) groups is 2. The number of aromatic hydroxyl groups is 2. The molecule has 5 heterocycles. The van der Waals surface area contributed by atoms with Gasteiger partial charge in [-0.25, -0.2) is 0 Å². The molecule has 18 heteroatoms. The standard InChI is InChI=1S/C50H60O18/c1-21-30(52)10-12-37(62-21)68-50-35(54)19-48(5,59)20-49(50,60)15-14-27-41(50)47-39-29(46(67-47)25-6-8-26(51)9-7-25)16-28(45(58)40(39)44(27)57)33-18-34(43(56)24(4)61-33)66-36-13-11-32(22(2)63-36)65-38-17-31(53)42(55)23(3)64-38/h6-9,14-16,21-24,30-34,36-38,42-43,51-53,55-56,58-60H,10-13,17-20H2,1-5H3. The summed E-state index contributed by atoms with van der Waals surface area (Å²) in [5.41, 5.74) is -6.04. The quantitative estimate of drug-likeness (QED) is 0.159. The van der Waals surface area contributed by atoms with Gasteiger partial charge in [0.1, 0.15) is 40.8 Å². The molecular formula is C50H60O18. The molecule has 0 radical (unpaired) electrons. The molecule has 0 amide bonds. The summed E-state index contributed by atoms with van der Waals surface area (Å²) in [5.74, 6) is -1.80. The smallest absolute Gasteiger partial charge is 0.198 e. The molecule has 18 nitrogen and oxygen atoms in total. The number of ketones is 2. The van der Waals surface area contributed by atoms with E-state index in [2.05, 4.69) is 0 Å². The first-order chi connectivity index (χ1) is 32.2. The van der Waals surface area contributed by atoms with E-state index < -0.39 is 127 Å². The van der Waals surface area contributed by atoms with E-state index in [-0.39, 0.29) is 77.0 Å². The lowest BCUT2D eigenvalue weighted by molar-refractivity contribution is -0.306. The van der Waals surface area contributed by atoms with E-state index in [1.807, 2.05) is 6.92 Å². The van der Waals surface area contributed by atoms with Crippen LogP contribution in [0.1, 0.15) is 114 Å². The van der Waals surface area contributed by atoms with Gasteiger partial charge < -0.3 is 78.4 Å². The Labute approximate surface area is 391 Å². The average Bonchev–Trinajstić information content (AvgIpc) is 3.64. The van der Waals surface area contributed by atoms with Crippen molar-refractivity contribution in [3.63, 3.8) is 0 Å². The van der Waals surface area contributed by atoms with Crippen LogP contribution >= 0.6 is 0 Å². The van der Waals surface area contributed by atoms with Crippen molar-refractivity contribution in [1.29, 1.82) is 0 Å². The van der Waals surface area contributed by atoms with Gasteiger partial charge >= 0.3 is 0 Å². The molecule has 17 unspecified atom stereocenters. The molecule has 3 aromatic rings. The van der Waals surface area contributed by atoms with E-state index >= 15 is 4.79 Å². The fourth-order valence-electron chi connectivity index (χ4n) is 11.4. The van der Waals surface area contributed by atoms with Crippen molar-refractivity contribution < 1.29 is 88.0 Å². The van der Waals surface area contributed by atoms with Gasteiger partial charge in [-0.3, -0.25) is 9.59 Å². The monoisotopic (exact) mass is 948 g/mol. The largest absolute Gasteiger partial charge is 0.508 e. The molecule has 7 aliphatic rings. The number of rotatable bonds is 8. The predicted molar refractivity (Wildman–Crippen MR) is 237 cm³/mol. The van der Waals surface area contributed by atoms with Gasteiger partial charge in [-0.2, -0.15) is 0 Å². The van der Waals surface area contributed by atoms with Crippen LogP contribution in [0.15, 0.2) is 52.5 Å². The van der Waals surface area contributed by atoms with Crippen LogP contribution in [0.25, 0.3) is 27.7 Å². The second-order valence-corrected chi connectivity index (χ2v) is 20.1. The van der Waals surface area contributed by atoms with Crippen LogP contribution in [0.5, 0.6) is 11.5 Å². The lowest BCUT2D eigenvalue weighted by Crippen LogP contribution is -2.70. The van der Waals surface area contributed by atoms with Crippen molar-refractivity contribution in [2.45, 2.75) is 189 Å². The molecule has 368 valence electrons. The van der Waals surface area contributed by atoms with Gasteiger partial charge in [0.2, 0.25) is 0 Å². The Morgan fingerprint density at radius 2 is 1.40 bits per heavy atom. The summed E-state index contributed by atoms with van der Waals surface area (Å²) in [4.78, 5) is 30.1. The minimum Gasteiger partial charge on any atom is -0.508 e. The van der Waals surface area contributed by atoms with Crippen LogP contribution < -0.4 is 0 Å². The first-order valence-corrected chi connectivity index (χ1v) is 23.6. The number of furan rings is 1. The maximum Gasteiger partial charge on any atom is 0.198 e. The molecule has 4 saturated heterocycles. The van der Waals surface area contributed by atoms with E-state index in [1.165, 1.54) is 31.2 Å². The highest BCUT2D eigenvalue weighted by molar-refractivity contribution is 6.31. The zero-order valence-electron chi connectivity index (χ0n) is 38.4. The topological polar surface area (TPSA) is 274 Å². The zero-order chi connectivity index (χ0) is 48.4. The van der Waals surface area contributed by atoms with Crippen molar-refractivity contribution >= 4 is 27.9 Å². The summed E-state index contributed by atoms with van der Waals surface area (Å²) in [6.45, 7) is 8.24. The summed E-state index contributed by atoms with van der Waals surface area (Å²) < 4.78 is 50.6. The number of hydrogen-bond donors (Lipinski definition) is 8. The molecule has 4 aliphatic heterocycles. The molecule has 68 heavy (non-hydrogen) atoms. The highest BCUT2D eigenvalue weighted by atomic mass is 16.7. The summed E-state index contributed by atoms with van der Waals surface area (Å²) in [7, 11) is 0. The molecular weight excluding hydrogens is 889 g/mol. The van der Waals surface area contributed by atoms with Gasteiger partial charge in [0, 0.05) is 71.6 Å². The molecule has 1 saturated carbocycles. The third-order valence-electron chi connectivity index (χ3n) is 15.0. The number of aliphatic hydroxyl groups is 6. The fourth-order valence-corrected chi connectivity index (χ4v) is 11.4. The Morgan fingerprint density at radius 1 is 0.721 bits per heavy atom. The molecule has 5 fully saturated rings. The van der Waals surface area contributed by atoms with Crippen LogP contribution in [0.4, 0.5) is 0 Å². The Hall–Kier alpha value is -4.12. The zero-order valence-corrected chi connectivity index (χ0v) is 38.4. The van der Waals surface area contributed by atoms with Gasteiger partial charge in [-0.15, -0.1) is 0 Å². The van der Waals surface area contributed by atoms with Crippen molar-refractivity contribution in [3.8, 4) is 22.8 Å². The van der Waals surface area contributed by atoms with Crippen molar-refractivity contribution in [2.24, 2.45) is 0 Å². The third-order valence-corrected chi connectivity index (χ3v) is 15.0. The van der Waals surface area contributed by atoms with E-state index in [4.69, 9.17) is 37.6 Å². The number of benzene rings is 2. The number of aliphatic hydroxyl groups excluding tert-OH is 4. The second-order valence-electron chi connectivity index (χ2n) is 20.1. The molecule has 1 aromatic heterocycles. The number of hydrogen-bond acceptors (Lipinski definition) is 18. The number of phenols is 2. The van der Waals surface area contributed by atoms with Crippen molar-refractivity contribution in [1.82, 2.24) is 0 Å². The number of carbonyl (C=O) groups excluding carboxylic acids is 2. The number of ether oxygens (including phenoxy) is 7. The number of phenolic OH excluding ortho intramolecular Hbond substituents is 2. The molecule has 0 bridgehead atoms. The number of fused-ring (bicyclic) bond motifs is 3. The number of Topliss-reactive ketones (excluding diaryl/α,β-unsaturated/α-hetero) is 2. The first kappa shape index (κ1) is 47.6. The molecule has 17 atom stereocenters.